The molecule has 1 aliphatic rings. The topological polar surface area (TPSA) is 0 Å². The summed E-state index contributed by atoms with van der Waals surface area (Å²) in [4.78, 5) is 0. The van der Waals surface area contributed by atoms with E-state index in [0.29, 0.717) is 5.92 Å². The van der Waals surface area contributed by atoms with Crippen LogP contribution >= 0.6 is 15.1 Å². The van der Waals surface area contributed by atoms with Crippen molar-refractivity contribution in [3.63, 3.8) is 0 Å². The Morgan fingerprint density at radius 3 is 1.59 bits per heavy atom. The van der Waals surface area contributed by atoms with E-state index in [-0.39, 0.29) is 0 Å². The molecule has 0 spiro atoms. The minimum absolute atomic E-state index is 0.608. The molecule has 8 heteroatoms. The van der Waals surface area contributed by atoms with E-state index in [1.165, 1.54) is 23.5 Å². The molecule has 174 valence electrons. The van der Waals surface area contributed by atoms with Crippen molar-refractivity contribution in [2.45, 2.75) is 32.9 Å². The van der Waals surface area contributed by atoms with E-state index in [9.17, 15) is 25.2 Å². The van der Waals surface area contributed by atoms with Gasteiger partial charge in [0, 0.05) is 5.92 Å². The fourth-order valence-corrected chi connectivity index (χ4v) is 9.23. The number of rotatable bonds is 2. The Labute approximate surface area is 185 Å². The Morgan fingerprint density at radius 2 is 1.16 bits per heavy atom. The first-order valence-corrected chi connectivity index (χ1v) is 14.4. The van der Waals surface area contributed by atoms with Crippen molar-refractivity contribution in [3.8, 4) is 0 Å². The van der Waals surface area contributed by atoms with Gasteiger partial charge >= 0.3 is 33.0 Å². The summed E-state index contributed by atoms with van der Waals surface area (Å²) in [5, 5.41) is 3.11. The summed E-state index contributed by atoms with van der Waals surface area (Å²) in [6, 6.07) is 27.3. The van der Waals surface area contributed by atoms with E-state index in [2.05, 4.69) is 93.6 Å². The molecule has 1 heterocycles. The van der Waals surface area contributed by atoms with E-state index in [4.69, 9.17) is 0 Å². The number of hydrogen-bond donors (Lipinski definition) is 0. The van der Waals surface area contributed by atoms with Crippen molar-refractivity contribution >= 4 is 25.7 Å². The van der Waals surface area contributed by atoms with Crippen molar-refractivity contribution in [3.05, 3.63) is 95.1 Å². The third kappa shape index (κ3) is 6.33. The van der Waals surface area contributed by atoms with Crippen LogP contribution in [0.1, 0.15) is 35.1 Å². The molecule has 0 bridgehead atoms. The molecular weight excluding hydrogens is 464 g/mol. The SMILES string of the molecule is Cc1ccc2c(c1C)C[P+](c1ccccc1)(c1ccccc1)CC2C.F[P-](F)(F)(F)(F)F. The second-order valence-corrected chi connectivity index (χ2v) is 14.0. The van der Waals surface area contributed by atoms with Gasteiger partial charge in [-0.15, -0.1) is 0 Å². The molecule has 1 unspecified atom stereocenters. The summed E-state index contributed by atoms with van der Waals surface area (Å²) < 4.78 is 59.2. The van der Waals surface area contributed by atoms with Gasteiger partial charge in [0.1, 0.15) is 0 Å². The fourth-order valence-electron chi connectivity index (χ4n) is 4.44. The summed E-state index contributed by atoms with van der Waals surface area (Å²) in [6.07, 6.45) is 2.48. The first kappa shape index (κ1) is 24.7. The van der Waals surface area contributed by atoms with Crippen LogP contribution in [0.3, 0.4) is 0 Å². The molecule has 1 atom stereocenters. The molecule has 0 radical (unpaired) electrons. The summed E-state index contributed by atoms with van der Waals surface area (Å²) in [6.45, 7) is 6.99. The van der Waals surface area contributed by atoms with Crippen LogP contribution in [0.15, 0.2) is 72.8 Å². The fraction of sp³-hybridized carbons (Fsp3) is 0.250. The molecule has 32 heavy (non-hydrogen) atoms. The van der Waals surface area contributed by atoms with Gasteiger partial charge in [-0.3, -0.25) is 0 Å². The summed E-state index contributed by atoms with van der Waals surface area (Å²) in [7, 11) is -12.1. The predicted octanol–water partition coefficient (Wildman–Crippen LogP) is 8.97. The Bertz CT molecular complexity index is 1040. The average Bonchev–Trinajstić information content (AvgIpc) is 2.70. The molecule has 0 aromatic heterocycles. The van der Waals surface area contributed by atoms with Gasteiger partial charge in [-0.25, -0.2) is 0 Å². The van der Waals surface area contributed by atoms with Crippen molar-refractivity contribution in [2.75, 3.05) is 6.16 Å². The molecule has 0 N–H and O–H groups in total. The second-order valence-electron chi connectivity index (χ2n) is 8.41. The minimum atomic E-state index is -10.7. The summed E-state index contributed by atoms with van der Waals surface area (Å²) >= 11 is 0. The van der Waals surface area contributed by atoms with Gasteiger partial charge in [0.05, 0.1) is 30.2 Å². The number of halogens is 6. The van der Waals surface area contributed by atoms with Crippen LogP contribution < -0.4 is 10.6 Å². The van der Waals surface area contributed by atoms with Gasteiger partial charge in [0.15, 0.2) is 0 Å². The van der Waals surface area contributed by atoms with Crippen molar-refractivity contribution in [2.24, 2.45) is 0 Å². The summed E-state index contributed by atoms with van der Waals surface area (Å²) in [5.74, 6) is 0.608. The molecule has 0 saturated carbocycles. The van der Waals surface area contributed by atoms with Crippen molar-refractivity contribution in [1.29, 1.82) is 0 Å². The van der Waals surface area contributed by atoms with Gasteiger partial charge in [-0.05, 0) is 60.4 Å². The summed E-state index contributed by atoms with van der Waals surface area (Å²) in [5.41, 5.74) is 6.11. The zero-order valence-corrected chi connectivity index (χ0v) is 19.9. The van der Waals surface area contributed by atoms with E-state index >= 15 is 0 Å². The number of benzene rings is 3. The molecule has 4 rings (SSSR count). The average molecular weight is 490 g/mol. The van der Waals surface area contributed by atoms with Crippen LogP contribution in [0.2, 0.25) is 0 Å². The van der Waals surface area contributed by atoms with Crippen LogP contribution in [-0.2, 0) is 6.16 Å². The molecule has 3 aromatic carbocycles. The van der Waals surface area contributed by atoms with Crippen LogP contribution in [-0.4, -0.2) is 6.16 Å². The quantitative estimate of drug-likeness (QED) is 0.248. The van der Waals surface area contributed by atoms with Crippen LogP contribution in [0.25, 0.3) is 0 Å². The zero-order valence-electron chi connectivity index (χ0n) is 18.1. The molecule has 0 aliphatic carbocycles. The van der Waals surface area contributed by atoms with Gasteiger partial charge in [0.25, 0.3) is 0 Å². The van der Waals surface area contributed by atoms with Gasteiger partial charge in [0.2, 0.25) is 0 Å². The molecule has 1 aliphatic heterocycles. The number of hydrogen-bond acceptors (Lipinski definition) is 0. The van der Waals surface area contributed by atoms with Crippen molar-refractivity contribution in [1.82, 2.24) is 0 Å². The first-order valence-electron chi connectivity index (χ1n) is 10.2. The molecule has 0 fully saturated rings. The van der Waals surface area contributed by atoms with Gasteiger partial charge < -0.3 is 0 Å². The van der Waals surface area contributed by atoms with E-state index < -0.39 is 15.1 Å². The standard InChI is InChI=1S/C24H26P.F6P/c1-18-14-15-23-19(2)16-25(17-24(23)20(18)3,21-10-6-4-7-11-21)22-12-8-5-9-13-22;1-7(2,3,4,5)6/h4-15,19H,16-17H2,1-3H3;/q+1;-1. The Morgan fingerprint density at radius 1 is 0.719 bits per heavy atom. The Hall–Kier alpha value is -1.90. The number of aryl methyl sites for hydroxylation is 1. The van der Waals surface area contributed by atoms with Crippen LogP contribution in [0.5, 0.6) is 0 Å². The number of fused-ring (bicyclic) bond motifs is 1. The molecule has 3 aromatic rings. The Balaban J connectivity index is 0.000000360. The molecule has 0 nitrogen and oxygen atoms in total. The molecule has 0 amide bonds. The molecular formula is C24H26F6P2. The third-order valence-corrected chi connectivity index (χ3v) is 10.6. The molecule has 0 saturated heterocycles. The zero-order chi connectivity index (χ0) is 23.8. The maximum absolute atomic E-state index is 10.7. The third-order valence-electron chi connectivity index (χ3n) is 5.95. The van der Waals surface area contributed by atoms with E-state index in [0.717, 1.165) is 0 Å². The Kier molecular flexibility index (Phi) is 6.07. The van der Waals surface area contributed by atoms with E-state index in [1.807, 2.05) is 0 Å². The first-order chi connectivity index (χ1) is 14.6. The van der Waals surface area contributed by atoms with Gasteiger partial charge in [-0.2, -0.15) is 0 Å². The van der Waals surface area contributed by atoms with Gasteiger partial charge in [-0.1, -0.05) is 55.5 Å². The van der Waals surface area contributed by atoms with Crippen LogP contribution in [0, 0.1) is 13.8 Å². The van der Waals surface area contributed by atoms with E-state index in [1.54, 1.807) is 21.7 Å². The second kappa shape index (κ2) is 7.85. The van der Waals surface area contributed by atoms with Crippen molar-refractivity contribution < 1.29 is 25.2 Å². The van der Waals surface area contributed by atoms with Crippen LogP contribution in [0.4, 0.5) is 25.2 Å². The normalized spacial score (nSPS) is 19.6. The predicted molar refractivity (Wildman–Crippen MR) is 126 cm³/mol. The monoisotopic (exact) mass is 490 g/mol. The maximum atomic E-state index is 9.87.